The average Bonchev–Trinajstić information content (AvgIpc) is 2.55. The van der Waals surface area contributed by atoms with E-state index in [9.17, 15) is 0 Å². The normalized spacial score (nSPS) is 10.9. The summed E-state index contributed by atoms with van der Waals surface area (Å²) in [6.45, 7) is 0.539. The van der Waals surface area contributed by atoms with E-state index < -0.39 is 0 Å². The van der Waals surface area contributed by atoms with E-state index in [1.807, 2.05) is 19.2 Å². The van der Waals surface area contributed by atoms with Gasteiger partial charge < -0.3 is 15.0 Å². The van der Waals surface area contributed by atoms with Crippen molar-refractivity contribution >= 4 is 26.8 Å². The summed E-state index contributed by atoms with van der Waals surface area (Å²) in [5.74, 6) is 0.843. The predicted molar refractivity (Wildman–Crippen MR) is 65.1 cm³/mol. The maximum Gasteiger partial charge on any atom is 0.120 e. The second kappa shape index (κ2) is 3.87. The van der Waals surface area contributed by atoms with Gasteiger partial charge in [0.15, 0.2) is 0 Å². The van der Waals surface area contributed by atoms with Gasteiger partial charge in [-0.05, 0) is 33.6 Å². The number of halogens is 1. The van der Waals surface area contributed by atoms with E-state index in [1.54, 1.807) is 7.11 Å². The molecule has 2 N–H and O–H groups in total. The SMILES string of the molecule is COc1cc(Br)c2c(c1)c(CN)cn2C. The standard InChI is InChI=1S/C11H13BrN2O/c1-14-6-7(5-13)9-3-8(15-2)4-10(12)11(9)14/h3-4,6H,5,13H2,1-2H3. The summed E-state index contributed by atoms with van der Waals surface area (Å²) in [7, 11) is 3.68. The molecule has 0 saturated heterocycles. The van der Waals surface area contributed by atoms with E-state index >= 15 is 0 Å². The Balaban J connectivity index is 2.81. The summed E-state index contributed by atoms with van der Waals surface area (Å²) >= 11 is 3.54. The van der Waals surface area contributed by atoms with Gasteiger partial charge >= 0.3 is 0 Å². The van der Waals surface area contributed by atoms with Gasteiger partial charge in [-0.25, -0.2) is 0 Å². The van der Waals surface area contributed by atoms with E-state index in [0.717, 1.165) is 26.7 Å². The maximum atomic E-state index is 5.70. The highest BCUT2D eigenvalue weighted by Gasteiger charge is 2.10. The number of aryl methyl sites for hydroxylation is 1. The van der Waals surface area contributed by atoms with Crippen molar-refractivity contribution in [2.45, 2.75) is 6.54 Å². The molecule has 0 amide bonds. The first-order valence-corrected chi connectivity index (χ1v) is 5.48. The number of ether oxygens (including phenoxy) is 1. The summed E-state index contributed by atoms with van der Waals surface area (Å²) in [5, 5.41) is 1.14. The lowest BCUT2D eigenvalue weighted by Gasteiger charge is -2.04. The van der Waals surface area contributed by atoms with Gasteiger partial charge in [0, 0.05) is 29.6 Å². The zero-order valence-corrected chi connectivity index (χ0v) is 10.3. The molecule has 15 heavy (non-hydrogen) atoms. The molecular formula is C11H13BrN2O. The minimum absolute atomic E-state index is 0.539. The van der Waals surface area contributed by atoms with Gasteiger partial charge in [-0.2, -0.15) is 0 Å². The van der Waals surface area contributed by atoms with Gasteiger partial charge in [0.1, 0.15) is 5.75 Å². The van der Waals surface area contributed by atoms with Crippen molar-refractivity contribution in [3.63, 3.8) is 0 Å². The minimum atomic E-state index is 0.539. The monoisotopic (exact) mass is 268 g/mol. The number of nitrogens with two attached hydrogens (primary N) is 1. The molecule has 0 aliphatic heterocycles. The average molecular weight is 269 g/mol. The molecule has 2 rings (SSSR count). The van der Waals surface area contributed by atoms with E-state index in [1.165, 1.54) is 0 Å². The van der Waals surface area contributed by atoms with Crippen molar-refractivity contribution in [3.8, 4) is 5.75 Å². The van der Waals surface area contributed by atoms with Gasteiger partial charge in [0.05, 0.1) is 12.6 Å². The Bertz CT molecular complexity index is 505. The minimum Gasteiger partial charge on any atom is -0.497 e. The molecule has 0 saturated carbocycles. The summed E-state index contributed by atoms with van der Waals surface area (Å²) < 4.78 is 8.33. The number of benzene rings is 1. The van der Waals surface area contributed by atoms with Crippen molar-refractivity contribution in [1.29, 1.82) is 0 Å². The fraction of sp³-hybridized carbons (Fsp3) is 0.273. The summed E-state index contributed by atoms with van der Waals surface area (Å²) in [6, 6.07) is 3.98. The molecule has 0 aliphatic carbocycles. The molecule has 0 bridgehead atoms. The second-order valence-electron chi connectivity index (χ2n) is 3.47. The zero-order valence-electron chi connectivity index (χ0n) is 8.75. The van der Waals surface area contributed by atoms with E-state index in [2.05, 4.69) is 26.7 Å². The predicted octanol–water partition coefficient (Wildman–Crippen LogP) is 2.41. The Kier molecular flexibility index (Phi) is 2.71. The molecule has 1 aromatic carbocycles. The van der Waals surface area contributed by atoms with Crippen LogP contribution in [0.4, 0.5) is 0 Å². The maximum absolute atomic E-state index is 5.70. The van der Waals surface area contributed by atoms with Crippen LogP contribution in [0.1, 0.15) is 5.56 Å². The highest BCUT2D eigenvalue weighted by molar-refractivity contribution is 9.10. The topological polar surface area (TPSA) is 40.2 Å². The van der Waals surface area contributed by atoms with Crippen molar-refractivity contribution in [3.05, 3.63) is 28.4 Å². The van der Waals surface area contributed by atoms with E-state index in [4.69, 9.17) is 10.5 Å². The van der Waals surface area contributed by atoms with Crippen LogP contribution in [0, 0.1) is 0 Å². The van der Waals surface area contributed by atoms with Gasteiger partial charge in [-0.15, -0.1) is 0 Å². The number of aromatic nitrogens is 1. The molecule has 4 heteroatoms. The van der Waals surface area contributed by atoms with Crippen molar-refractivity contribution in [1.82, 2.24) is 4.57 Å². The van der Waals surface area contributed by atoms with Crippen LogP contribution in [0.15, 0.2) is 22.8 Å². The number of nitrogens with zero attached hydrogens (tertiary/aromatic N) is 1. The quantitative estimate of drug-likeness (QED) is 0.909. The number of hydrogen-bond donors (Lipinski definition) is 1. The third-order valence-electron chi connectivity index (χ3n) is 2.54. The zero-order chi connectivity index (χ0) is 11.0. The van der Waals surface area contributed by atoms with Crippen LogP contribution >= 0.6 is 15.9 Å². The van der Waals surface area contributed by atoms with Crippen LogP contribution in [0.5, 0.6) is 5.75 Å². The van der Waals surface area contributed by atoms with Gasteiger partial charge in [-0.3, -0.25) is 0 Å². The molecule has 1 heterocycles. The van der Waals surface area contributed by atoms with Crippen LogP contribution < -0.4 is 10.5 Å². The molecule has 0 atom stereocenters. The molecular weight excluding hydrogens is 256 g/mol. The second-order valence-corrected chi connectivity index (χ2v) is 4.33. The molecule has 0 fully saturated rings. The van der Waals surface area contributed by atoms with Crippen molar-refractivity contribution < 1.29 is 4.74 Å². The number of fused-ring (bicyclic) bond motifs is 1. The Morgan fingerprint density at radius 1 is 1.47 bits per heavy atom. The Morgan fingerprint density at radius 3 is 2.80 bits per heavy atom. The van der Waals surface area contributed by atoms with Gasteiger partial charge in [0.25, 0.3) is 0 Å². The molecule has 1 aromatic heterocycles. The third-order valence-corrected chi connectivity index (χ3v) is 3.15. The molecule has 80 valence electrons. The highest BCUT2D eigenvalue weighted by atomic mass is 79.9. The number of hydrogen-bond acceptors (Lipinski definition) is 2. The third kappa shape index (κ3) is 1.64. The smallest absolute Gasteiger partial charge is 0.120 e. The van der Waals surface area contributed by atoms with Crippen LogP contribution in [0.2, 0.25) is 0 Å². The van der Waals surface area contributed by atoms with Crippen LogP contribution in [-0.4, -0.2) is 11.7 Å². The summed E-state index contributed by atoms with van der Waals surface area (Å²) in [6.07, 6.45) is 2.05. The van der Waals surface area contributed by atoms with E-state index in [0.29, 0.717) is 6.54 Å². The Hall–Kier alpha value is -1.00. The lowest BCUT2D eigenvalue weighted by atomic mass is 10.1. The first-order chi connectivity index (χ1) is 7.17. The first kappa shape index (κ1) is 10.5. The molecule has 2 aromatic rings. The van der Waals surface area contributed by atoms with Crippen LogP contribution in [0.3, 0.4) is 0 Å². The van der Waals surface area contributed by atoms with Crippen LogP contribution in [0.25, 0.3) is 10.9 Å². The van der Waals surface area contributed by atoms with Gasteiger partial charge in [0.2, 0.25) is 0 Å². The molecule has 0 radical (unpaired) electrons. The summed E-state index contributed by atoms with van der Waals surface area (Å²) in [4.78, 5) is 0. The number of rotatable bonds is 2. The van der Waals surface area contributed by atoms with Crippen molar-refractivity contribution in [2.75, 3.05) is 7.11 Å². The Morgan fingerprint density at radius 2 is 2.20 bits per heavy atom. The first-order valence-electron chi connectivity index (χ1n) is 4.69. The molecule has 0 aliphatic rings. The van der Waals surface area contributed by atoms with E-state index in [-0.39, 0.29) is 0 Å². The van der Waals surface area contributed by atoms with Gasteiger partial charge in [-0.1, -0.05) is 0 Å². The highest BCUT2D eigenvalue weighted by Crippen LogP contribution is 2.32. The Labute approximate surface area is 96.9 Å². The fourth-order valence-electron chi connectivity index (χ4n) is 1.83. The molecule has 0 unspecified atom stereocenters. The lowest BCUT2D eigenvalue weighted by Crippen LogP contribution is -1.94. The number of methoxy groups -OCH3 is 1. The largest absolute Gasteiger partial charge is 0.497 e. The van der Waals surface area contributed by atoms with Crippen molar-refractivity contribution in [2.24, 2.45) is 12.8 Å². The molecule has 3 nitrogen and oxygen atoms in total. The fourth-order valence-corrected chi connectivity index (χ4v) is 2.54. The summed E-state index contributed by atoms with van der Waals surface area (Å²) in [5.41, 5.74) is 7.98. The molecule has 0 spiro atoms. The van der Waals surface area contributed by atoms with Crippen LogP contribution in [-0.2, 0) is 13.6 Å². The lowest BCUT2D eigenvalue weighted by molar-refractivity contribution is 0.415.